The maximum atomic E-state index is 10.7. The van der Waals surface area contributed by atoms with Crippen LogP contribution in [0.5, 0.6) is 0 Å². The zero-order valence-corrected chi connectivity index (χ0v) is 11.5. The molecule has 1 fully saturated rings. The highest BCUT2D eigenvalue weighted by molar-refractivity contribution is 6.30. The topological polar surface area (TPSA) is 40.5 Å². The molecule has 0 spiro atoms. The van der Waals surface area contributed by atoms with Crippen molar-refractivity contribution in [2.45, 2.75) is 32.3 Å². The predicted molar refractivity (Wildman–Crippen MR) is 74.5 cm³/mol. The average molecular weight is 267 g/mol. The molecule has 2 N–H and O–H groups in total. The summed E-state index contributed by atoms with van der Waals surface area (Å²) < 4.78 is 0. The minimum Gasteiger partial charge on any atom is -0.393 e. The molecule has 3 heteroatoms. The van der Waals surface area contributed by atoms with Gasteiger partial charge >= 0.3 is 0 Å². The molecular weight excluding hydrogens is 248 g/mol. The van der Waals surface area contributed by atoms with Crippen LogP contribution in [0.15, 0.2) is 29.8 Å². The average Bonchev–Trinajstić information content (AvgIpc) is 2.56. The molecule has 1 aromatic carbocycles. The van der Waals surface area contributed by atoms with Crippen LogP contribution in [0.1, 0.15) is 32.3 Å². The molecule has 1 saturated carbocycles. The molecule has 98 valence electrons. The van der Waals surface area contributed by atoms with E-state index in [1.807, 2.05) is 44.2 Å². The zero-order chi connectivity index (χ0) is 13.4. The summed E-state index contributed by atoms with van der Waals surface area (Å²) in [7, 11) is 0. The molecule has 1 atom stereocenters. The van der Waals surface area contributed by atoms with Crippen LogP contribution in [-0.4, -0.2) is 22.4 Å². The molecule has 0 saturated heterocycles. The number of halogens is 1. The van der Waals surface area contributed by atoms with Crippen LogP contribution in [0.3, 0.4) is 0 Å². The third-order valence-electron chi connectivity index (χ3n) is 4.11. The Hall–Kier alpha value is -0.830. The van der Waals surface area contributed by atoms with Gasteiger partial charge in [0.2, 0.25) is 0 Å². The molecule has 2 nitrogen and oxygen atoms in total. The standard InChI is InChI=1S/C15H19ClO2/c1-14(2)8-7-12(15(14,18)10-17)9-11-3-5-13(16)6-4-11/h3-6,9,17-18H,7-8,10H2,1-2H3. The van der Waals surface area contributed by atoms with E-state index in [0.29, 0.717) is 5.02 Å². The molecule has 1 aliphatic carbocycles. The maximum absolute atomic E-state index is 10.7. The number of aliphatic hydroxyl groups excluding tert-OH is 1. The lowest BCUT2D eigenvalue weighted by molar-refractivity contribution is -0.0544. The van der Waals surface area contributed by atoms with Crippen molar-refractivity contribution in [2.24, 2.45) is 5.41 Å². The first-order valence-corrected chi connectivity index (χ1v) is 6.57. The Kier molecular flexibility index (Phi) is 3.54. The van der Waals surface area contributed by atoms with E-state index in [0.717, 1.165) is 24.0 Å². The molecule has 0 bridgehead atoms. The molecule has 0 radical (unpaired) electrons. The number of hydrogen-bond acceptors (Lipinski definition) is 2. The van der Waals surface area contributed by atoms with Gasteiger partial charge in [-0.25, -0.2) is 0 Å². The van der Waals surface area contributed by atoms with Crippen LogP contribution < -0.4 is 0 Å². The normalized spacial score (nSPS) is 28.8. The van der Waals surface area contributed by atoms with E-state index in [4.69, 9.17) is 11.6 Å². The summed E-state index contributed by atoms with van der Waals surface area (Å²) in [5, 5.41) is 20.9. The lowest BCUT2D eigenvalue weighted by Crippen LogP contribution is -2.44. The first-order valence-electron chi connectivity index (χ1n) is 6.19. The van der Waals surface area contributed by atoms with Crippen molar-refractivity contribution < 1.29 is 10.2 Å². The van der Waals surface area contributed by atoms with Gasteiger partial charge in [0.15, 0.2) is 0 Å². The molecule has 0 heterocycles. The van der Waals surface area contributed by atoms with Crippen molar-refractivity contribution in [1.82, 2.24) is 0 Å². The number of aliphatic hydroxyl groups is 2. The lowest BCUT2D eigenvalue weighted by atomic mass is 9.76. The van der Waals surface area contributed by atoms with Gasteiger partial charge in [-0.15, -0.1) is 0 Å². The van der Waals surface area contributed by atoms with Crippen LogP contribution in [0.4, 0.5) is 0 Å². The van der Waals surface area contributed by atoms with Gasteiger partial charge in [-0.1, -0.05) is 43.7 Å². The summed E-state index contributed by atoms with van der Waals surface area (Å²) in [5.41, 5.74) is 0.489. The lowest BCUT2D eigenvalue weighted by Gasteiger charge is -2.36. The summed E-state index contributed by atoms with van der Waals surface area (Å²) >= 11 is 5.85. The van der Waals surface area contributed by atoms with Gasteiger partial charge in [0, 0.05) is 5.02 Å². The van der Waals surface area contributed by atoms with E-state index in [-0.39, 0.29) is 12.0 Å². The Balaban J connectivity index is 2.36. The van der Waals surface area contributed by atoms with Gasteiger partial charge in [0.25, 0.3) is 0 Å². The van der Waals surface area contributed by atoms with Gasteiger partial charge in [-0.05, 0) is 41.5 Å². The van der Waals surface area contributed by atoms with Gasteiger partial charge in [-0.3, -0.25) is 0 Å². The third-order valence-corrected chi connectivity index (χ3v) is 4.36. The Morgan fingerprint density at radius 3 is 2.44 bits per heavy atom. The summed E-state index contributed by atoms with van der Waals surface area (Å²) in [6.07, 6.45) is 3.65. The fraction of sp³-hybridized carbons (Fsp3) is 0.467. The summed E-state index contributed by atoms with van der Waals surface area (Å²) in [6.45, 7) is 3.75. The monoisotopic (exact) mass is 266 g/mol. The molecule has 1 unspecified atom stereocenters. The molecule has 0 amide bonds. The van der Waals surface area contributed by atoms with Gasteiger partial charge in [0.05, 0.1) is 6.61 Å². The SMILES string of the molecule is CC1(C)CCC(=Cc2ccc(Cl)cc2)C1(O)CO. The largest absolute Gasteiger partial charge is 0.393 e. The van der Waals surface area contributed by atoms with E-state index in [1.165, 1.54) is 0 Å². The van der Waals surface area contributed by atoms with Crippen molar-refractivity contribution >= 4 is 17.7 Å². The van der Waals surface area contributed by atoms with Crippen LogP contribution in [0.2, 0.25) is 5.02 Å². The predicted octanol–water partition coefficient (Wildman–Crippen LogP) is 3.27. The summed E-state index contributed by atoms with van der Waals surface area (Å²) in [5.74, 6) is 0. The third kappa shape index (κ3) is 2.20. The molecule has 0 aromatic heterocycles. The molecule has 0 aliphatic heterocycles. The second kappa shape index (κ2) is 4.69. The molecular formula is C15H19ClO2. The van der Waals surface area contributed by atoms with Crippen LogP contribution in [-0.2, 0) is 0 Å². The van der Waals surface area contributed by atoms with Crippen LogP contribution >= 0.6 is 11.6 Å². The molecule has 1 aliphatic rings. The molecule has 2 rings (SSSR count). The van der Waals surface area contributed by atoms with Gasteiger partial charge < -0.3 is 10.2 Å². The number of benzene rings is 1. The zero-order valence-electron chi connectivity index (χ0n) is 10.8. The highest BCUT2D eigenvalue weighted by Crippen LogP contribution is 2.49. The second-order valence-electron chi connectivity index (χ2n) is 5.62. The van der Waals surface area contributed by atoms with Crippen molar-refractivity contribution in [3.05, 3.63) is 40.4 Å². The highest BCUT2D eigenvalue weighted by Gasteiger charge is 2.50. The van der Waals surface area contributed by atoms with E-state index in [1.54, 1.807) is 0 Å². The fourth-order valence-electron chi connectivity index (χ4n) is 2.56. The van der Waals surface area contributed by atoms with E-state index in [9.17, 15) is 10.2 Å². The second-order valence-corrected chi connectivity index (χ2v) is 6.06. The smallest absolute Gasteiger partial charge is 0.114 e. The fourth-order valence-corrected chi connectivity index (χ4v) is 2.69. The van der Waals surface area contributed by atoms with Crippen molar-refractivity contribution in [2.75, 3.05) is 6.61 Å². The number of hydrogen-bond donors (Lipinski definition) is 2. The first kappa shape index (κ1) is 13.6. The van der Waals surface area contributed by atoms with E-state index in [2.05, 4.69) is 0 Å². The van der Waals surface area contributed by atoms with E-state index >= 15 is 0 Å². The van der Waals surface area contributed by atoms with E-state index < -0.39 is 5.60 Å². The van der Waals surface area contributed by atoms with Crippen molar-refractivity contribution in [3.63, 3.8) is 0 Å². The Bertz CT molecular complexity index is 462. The Morgan fingerprint density at radius 2 is 1.89 bits per heavy atom. The summed E-state index contributed by atoms with van der Waals surface area (Å²) in [6, 6.07) is 7.48. The van der Waals surface area contributed by atoms with Crippen LogP contribution in [0, 0.1) is 5.41 Å². The van der Waals surface area contributed by atoms with Crippen LogP contribution in [0.25, 0.3) is 6.08 Å². The Morgan fingerprint density at radius 1 is 1.28 bits per heavy atom. The minimum atomic E-state index is -1.12. The Labute approximate surface area is 113 Å². The molecule has 1 aromatic rings. The summed E-state index contributed by atoms with van der Waals surface area (Å²) in [4.78, 5) is 0. The van der Waals surface area contributed by atoms with Gasteiger partial charge in [-0.2, -0.15) is 0 Å². The van der Waals surface area contributed by atoms with Crippen molar-refractivity contribution in [1.29, 1.82) is 0 Å². The molecule has 18 heavy (non-hydrogen) atoms. The number of rotatable bonds is 2. The maximum Gasteiger partial charge on any atom is 0.114 e. The van der Waals surface area contributed by atoms with Gasteiger partial charge in [0.1, 0.15) is 5.60 Å². The highest BCUT2D eigenvalue weighted by atomic mass is 35.5. The minimum absolute atomic E-state index is 0.237. The quantitative estimate of drug-likeness (QED) is 0.863. The van der Waals surface area contributed by atoms with Crippen molar-refractivity contribution in [3.8, 4) is 0 Å². The first-order chi connectivity index (χ1) is 8.39.